The molecular weight excluding hydrogens is 220 g/mol. The molecule has 0 radical (unpaired) electrons. The fourth-order valence-corrected chi connectivity index (χ4v) is 0.990. The third kappa shape index (κ3) is 11.8. The standard InChI is InChI=1S/C11H12O2.C2H4O2/c12-11(13)9-5-4-8-10-6-2-1-3-7-10;1-2(3)4/h1-4,6-8H,5,9H2,(H,12,13);1H3,(H,3,4). The Morgan fingerprint density at radius 2 is 1.71 bits per heavy atom. The Morgan fingerprint density at radius 3 is 2.18 bits per heavy atom. The van der Waals surface area contributed by atoms with Crippen molar-refractivity contribution in [3.63, 3.8) is 0 Å². The van der Waals surface area contributed by atoms with E-state index in [4.69, 9.17) is 15.0 Å². The van der Waals surface area contributed by atoms with Crippen LogP contribution in [0.2, 0.25) is 0 Å². The second-order valence-electron chi connectivity index (χ2n) is 3.26. The lowest BCUT2D eigenvalue weighted by Gasteiger charge is -1.90. The number of hydrogen-bond acceptors (Lipinski definition) is 2. The van der Waals surface area contributed by atoms with Gasteiger partial charge in [0, 0.05) is 13.3 Å². The maximum absolute atomic E-state index is 10.2. The molecule has 0 aromatic heterocycles. The molecule has 4 nitrogen and oxygen atoms in total. The molecule has 0 spiro atoms. The van der Waals surface area contributed by atoms with Gasteiger partial charge in [-0.2, -0.15) is 0 Å². The summed E-state index contributed by atoms with van der Waals surface area (Å²) in [5.74, 6) is -1.59. The van der Waals surface area contributed by atoms with Crippen LogP contribution in [0.4, 0.5) is 0 Å². The molecule has 0 unspecified atom stereocenters. The highest BCUT2D eigenvalue weighted by Gasteiger charge is 1.91. The van der Waals surface area contributed by atoms with E-state index in [0.717, 1.165) is 12.5 Å². The smallest absolute Gasteiger partial charge is 0.303 e. The largest absolute Gasteiger partial charge is 0.481 e. The van der Waals surface area contributed by atoms with E-state index < -0.39 is 11.9 Å². The molecule has 92 valence electrons. The Kier molecular flexibility index (Phi) is 8.02. The van der Waals surface area contributed by atoms with E-state index in [0.29, 0.717) is 6.42 Å². The number of allylic oxidation sites excluding steroid dienone is 1. The summed E-state index contributed by atoms with van der Waals surface area (Å²) >= 11 is 0. The second kappa shape index (κ2) is 9.15. The van der Waals surface area contributed by atoms with Gasteiger partial charge >= 0.3 is 5.97 Å². The third-order valence-electron chi connectivity index (χ3n) is 1.63. The SMILES string of the molecule is CC(=O)O.O=C(O)CCC=Cc1ccccc1. The zero-order valence-electron chi connectivity index (χ0n) is 9.67. The average molecular weight is 236 g/mol. The first kappa shape index (κ1) is 14.9. The quantitative estimate of drug-likeness (QED) is 0.842. The zero-order chi connectivity index (χ0) is 13.1. The molecule has 0 amide bonds. The van der Waals surface area contributed by atoms with Crippen LogP contribution < -0.4 is 0 Å². The Balaban J connectivity index is 0.000000557. The van der Waals surface area contributed by atoms with E-state index in [9.17, 15) is 4.79 Å². The van der Waals surface area contributed by atoms with Gasteiger partial charge in [-0.05, 0) is 12.0 Å². The van der Waals surface area contributed by atoms with E-state index in [2.05, 4.69) is 0 Å². The Labute approximate surface area is 100 Å². The van der Waals surface area contributed by atoms with Crippen molar-refractivity contribution in [1.29, 1.82) is 0 Å². The predicted octanol–water partition coefficient (Wildman–Crippen LogP) is 2.66. The lowest BCUT2D eigenvalue weighted by molar-refractivity contribution is -0.137. The Morgan fingerprint density at radius 1 is 1.18 bits per heavy atom. The normalized spacial score (nSPS) is 9.47. The van der Waals surface area contributed by atoms with E-state index in [1.54, 1.807) is 0 Å². The van der Waals surface area contributed by atoms with E-state index in [-0.39, 0.29) is 6.42 Å². The number of carboxylic acid groups (broad SMARTS) is 2. The highest BCUT2D eigenvalue weighted by molar-refractivity contribution is 5.67. The average Bonchev–Trinajstić information content (AvgIpc) is 2.25. The fraction of sp³-hybridized carbons (Fsp3) is 0.231. The lowest BCUT2D eigenvalue weighted by atomic mass is 10.2. The van der Waals surface area contributed by atoms with E-state index in [1.165, 1.54) is 0 Å². The summed E-state index contributed by atoms with van der Waals surface area (Å²) in [4.78, 5) is 19.2. The minimum Gasteiger partial charge on any atom is -0.481 e. The number of hydrogen-bond donors (Lipinski definition) is 2. The van der Waals surface area contributed by atoms with Gasteiger partial charge in [-0.3, -0.25) is 9.59 Å². The molecule has 2 N–H and O–H groups in total. The number of aliphatic carboxylic acids is 2. The van der Waals surface area contributed by atoms with E-state index >= 15 is 0 Å². The van der Waals surface area contributed by atoms with E-state index in [1.807, 2.05) is 42.5 Å². The predicted molar refractivity (Wildman–Crippen MR) is 65.7 cm³/mol. The van der Waals surface area contributed by atoms with Gasteiger partial charge in [0.15, 0.2) is 0 Å². The van der Waals surface area contributed by atoms with Crippen LogP contribution in [-0.2, 0) is 9.59 Å². The molecule has 0 atom stereocenters. The fourth-order valence-electron chi connectivity index (χ4n) is 0.990. The molecule has 0 aliphatic rings. The molecule has 0 saturated heterocycles. The van der Waals surface area contributed by atoms with Crippen LogP contribution in [-0.4, -0.2) is 22.2 Å². The molecular formula is C13H16O4. The summed E-state index contributed by atoms with van der Waals surface area (Å²) in [6, 6.07) is 9.83. The van der Waals surface area contributed by atoms with Gasteiger partial charge in [-0.25, -0.2) is 0 Å². The highest BCUT2D eigenvalue weighted by atomic mass is 16.4. The third-order valence-corrected chi connectivity index (χ3v) is 1.63. The summed E-state index contributed by atoms with van der Waals surface area (Å²) in [5.41, 5.74) is 1.10. The number of benzene rings is 1. The van der Waals surface area contributed by atoms with Crippen molar-refractivity contribution >= 4 is 18.0 Å². The molecule has 0 bridgehead atoms. The first-order valence-electron chi connectivity index (χ1n) is 5.15. The summed E-state index contributed by atoms with van der Waals surface area (Å²) in [6.07, 6.45) is 4.60. The zero-order valence-corrected chi connectivity index (χ0v) is 9.67. The first-order valence-corrected chi connectivity index (χ1v) is 5.15. The van der Waals surface area contributed by atoms with Crippen LogP contribution in [0.3, 0.4) is 0 Å². The number of carbonyl (C=O) groups is 2. The van der Waals surface area contributed by atoms with Crippen molar-refractivity contribution in [3.8, 4) is 0 Å². The van der Waals surface area contributed by atoms with Gasteiger partial charge in [-0.15, -0.1) is 0 Å². The second-order valence-corrected chi connectivity index (χ2v) is 3.26. The molecule has 17 heavy (non-hydrogen) atoms. The van der Waals surface area contributed by atoms with Crippen LogP contribution in [0.25, 0.3) is 6.08 Å². The maximum Gasteiger partial charge on any atom is 0.303 e. The number of carboxylic acids is 2. The molecule has 0 aliphatic heterocycles. The maximum atomic E-state index is 10.2. The Hall–Kier alpha value is -2.10. The molecule has 0 aliphatic carbocycles. The molecule has 0 fully saturated rings. The summed E-state index contributed by atoms with van der Waals surface area (Å²) in [6.45, 7) is 1.08. The molecule has 1 rings (SSSR count). The van der Waals surface area contributed by atoms with Crippen molar-refractivity contribution in [2.75, 3.05) is 0 Å². The molecule has 0 heterocycles. The summed E-state index contributed by atoms with van der Waals surface area (Å²) in [5, 5.41) is 15.8. The van der Waals surface area contributed by atoms with Crippen molar-refractivity contribution < 1.29 is 19.8 Å². The monoisotopic (exact) mass is 236 g/mol. The van der Waals surface area contributed by atoms with Gasteiger partial charge in [0.2, 0.25) is 0 Å². The van der Waals surface area contributed by atoms with Crippen LogP contribution in [0.5, 0.6) is 0 Å². The van der Waals surface area contributed by atoms with Crippen molar-refractivity contribution in [2.45, 2.75) is 19.8 Å². The van der Waals surface area contributed by atoms with Crippen LogP contribution >= 0.6 is 0 Å². The van der Waals surface area contributed by atoms with Crippen LogP contribution in [0.1, 0.15) is 25.3 Å². The van der Waals surface area contributed by atoms with Crippen molar-refractivity contribution in [3.05, 3.63) is 42.0 Å². The first-order chi connectivity index (χ1) is 8.02. The van der Waals surface area contributed by atoms with Gasteiger partial charge in [0.05, 0.1) is 0 Å². The summed E-state index contributed by atoms with van der Waals surface area (Å²) < 4.78 is 0. The number of rotatable bonds is 4. The summed E-state index contributed by atoms with van der Waals surface area (Å²) in [7, 11) is 0. The minimum atomic E-state index is -0.833. The van der Waals surface area contributed by atoms with Crippen LogP contribution in [0.15, 0.2) is 36.4 Å². The van der Waals surface area contributed by atoms with Crippen LogP contribution in [0, 0.1) is 0 Å². The molecule has 1 aromatic rings. The van der Waals surface area contributed by atoms with Crippen molar-refractivity contribution in [1.82, 2.24) is 0 Å². The van der Waals surface area contributed by atoms with Gasteiger partial charge in [-0.1, -0.05) is 42.5 Å². The van der Waals surface area contributed by atoms with Gasteiger partial charge < -0.3 is 10.2 Å². The Bertz CT molecular complexity index is 364. The van der Waals surface area contributed by atoms with Gasteiger partial charge in [0.25, 0.3) is 5.97 Å². The van der Waals surface area contributed by atoms with Gasteiger partial charge in [0.1, 0.15) is 0 Å². The lowest BCUT2D eigenvalue weighted by Crippen LogP contribution is -1.91. The molecule has 4 heteroatoms. The minimum absolute atomic E-state index is 0.198. The highest BCUT2D eigenvalue weighted by Crippen LogP contribution is 2.02. The molecule has 0 saturated carbocycles. The van der Waals surface area contributed by atoms with Crippen molar-refractivity contribution in [2.24, 2.45) is 0 Å². The molecule has 1 aromatic carbocycles. The topological polar surface area (TPSA) is 74.6 Å².